The number of unbranched alkanes of at least 4 members (excludes halogenated alkanes) is 30. The van der Waals surface area contributed by atoms with Gasteiger partial charge in [-0.3, -0.25) is 14.2 Å². The maximum absolute atomic E-state index is 12.8. The summed E-state index contributed by atoms with van der Waals surface area (Å²) in [4.78, 5) is 38.0. The lowest BCUT2D eigenvalue weighted by atomic mass is 10.0. The molecule has 80 heavy (non-hydrogen) atoms. The van der Waals surface area contributed by atoms with Crippen LogP contribution >= 0.6 is 7.82 Å². The first kappa shape index (κ1) is 76.9. The van der Waals surface area contributed by atoms with Crippen molar-refractivity contribution in [2.24, 2.45) is 0 Å². The van der Waals surface area contributed by atoms with E-state index >= 15 is 0 Å². The molecule has 10 heteroatoms. The summed E-state index contributed by atoms with van der Waals surface area (Å²) in [5.74, 6) is -0.845. The quantitative estimate of drug-likeness (QED) is 0.0195. The minimum atomic E-state index is -4.65. The predicted molar refractivity (Wildman–Crippen MR) is 342 cm³/mol. The van der Waals surface area contributed by atoms with Crippen LogP contribution in [0.3, 0.4) is 0 Å². The molecule has 0 heterocycles. The largest absolute Gasteiger partial charge is 0.756 e. The van der Waals surface area contributed by atoms with E-state index in [-0.39, 0.29) is 32.0 Å². The molecule has 0 aromatic heterocycles. The van der Waals surface area contributed by atoms with Crippen molar-refractivity contribution in [1.29, 1.82) is 0 Å². The number of hydrogen-bond acceptors (Lipinski definition) is 8. The third-order valence-corrected chi connectivity index (χ3v) is 15.1. The number of rotatable bonds is 60. The first-order valence-electron chi connectivity index (χ1n) is 32.9. The molecule has 0 N–H and O–H groups in total. The fraction of sp³-hybridized carbons (Fsp3) is 0.743. The molecule has 0 aromatic rings. The molecule has 0 fully saturated rings. The van der Waals surface area contributed by atoms with Crippen LogP contribution in [0.5, 0.6) is 0 Å². The second kappa shape index (κ2) is 60.5. The molecule has 0 aliphatic carbocycles. The van der Waals surface area contributed by atoms with Crippen LogP contribution in [0.2, 0.25) is 0 Å². The van der Waals surface area contributed by atoms with Crippen molar-refractivity contribution in [2.75, 3.05) is 47.5 Å². The Kier molecular flexibility index (Phi) is 58.2. The molecule has 0 amide bonds. The van der Waals surface area contributed by atoms with E-state index in [1.54, 1.807) is 0 Å². The first-order valence-corrected chi connectivity index (χ1v) is 34.4. The number of carbonyl (C=O) groups is 2. The zero-order chi connectivity index (χ0) is 58.4. The molecule has 462 valence electrons. The third kappa shape index (κ3) is 64.1. The third-order valence-electron chi connectivity index (χ3n) is 14.1. The fourth-order valence-electron chi connectivity index (χ4n) is 9.09. The van der Waals surface area contributed by atoms with E-state index in [0.717, 1.165) is 109 Å². The Hall–Kier alpha value is -3.07. The van der Waals surface area contributed by atoms with Gasteiger partial charge < -0.3 is 27.9 Å². The topological polar surface area (TPSA) is 111 Å². The molecule has 9 nitrogen and oxygen atoms in total. The maximum atomic E-state index is 12.8. The molecule has 0 bridgehead atoms. The first-order chi connectivity index (χ1) is 39.0. The van der Waals surface area contributed by atoms with Crippen LogP contribution in [0.15, 0.2) is 97.2 Å². The standard InChI is InChI=1S/C70H124NO8P/c1-6-8-10-12-14-16-18-20-22-24-26-28-30-32-33-34-35-36-37-39-41-43-45-47-49-51-53-55-57-59-61-63-70(73)79-68(67-78-80(74,75)77-65-64-71(3,4)5)66-76-69(72)62-60-58-56-54-52-50-48-46-44-42-40-38-31-29-27-25-23-21-19-17-15-13-11-9-7-2/h8,10,14,16,20,22,26,28,32-33,35-36,39,41,45,47,68H,6-7,9,11-13,15,17-19,21,23-25,27,29-31,34,37-38,40,42-44,46,48-67H2,1-5H3/b10-8-,16-14-,22-20-,28-26-,33-32-,36-35-,41-39-,47-45-. The lowest BCUT2D eigenvalue weighted by molar-refractivity contribution is -0.870. The van der Waals surface area contributed by atoms with Crippen molar-refractivity contribution < 1.29 is 42.1 Å². The SMILES string of the molecule is CC/C=C\C/C=C\C/C=C\C/C=C\C/C=C\C/C=C\C/C=C\C/C=C\CCCCCCCCC(=O)OC(COC(=O)CCCCCCCCCCCCCCCCCCCCCCCCCCC)COP(=O)([O-])OCC[N+](C)(C)C. The molecule has 0 aromatic carbocycles. The minimum Gasteiger partial charge on any atom is -0.756 e. The molecule has 0 aliphatic heterocycles. The van der Waals surface area contributed by atoms with Crippen molar-refractivity contribution in [2.45, 2.75) is 290 Å². The average molecular weight is 1140 g/mol. The fourth-order valence-corrected chi connectivity index (χ4v) is 9.81. The minimum absolute atomic E-state index is 0.0372. The number of esters is 2. The number of likely N-dealkylation sites (N-methyl/N-ethyl adjacent to an activating group) is 1. The van der Waals surface area contributed by atoms with Gasteiger partial charge in [0.25, 0.3) is 7.82 Å². The van der Waals surface area contributed by atoms with Crippen LogP contribution < -0.4 is 4.89 Å². The average Bonchev–Trinajstić information content (AvgIpc) is 3.42. The van der Waals surface area contributed by atoms with Gasteiger partial charge in [0.15, 0.2) is 6.10 Å². The highest BCUT2D eigenvalue weighted by Gasteiger charge is 2.22. The molecule has 2 atom stereocenters. The van der Waals surface area contributed by atoms with Crippen molar-refractivity contribution in [3.05, 3.63) is 97.2 Å². The van der Waals surface area contributed by atoms with E-state index < -0.39 is 26.5 Å². The summed E-state index contributed by atoms with van der Waals surface area (Å²) in [5, 5.41) is 0. The smallest absolute Gasteiger partial charge is 0.306 e. The van der Waals surface area contributed by atoms with Crippen LogP contribution in [0.25, 0.3) is 0 Å². The maximum Gasteiger partial charge on any atom is 0.306 e. The summed E-state index contributed by atoms with van der Waals surface area (Å²) in [6.07, 6.45) is 83.3. The number of ether oxygens (including phenoxy) is 2. The molecular weight excluding hydrogens is 1010 g/mol. The second-order valence-electron chi connectivity index (χ2n) is 23.1. The van der Waals surface area contributed by atoms with Gasteiger partial charge in [-0.2, -0.15) is 0 Å². The molecule has 0 saturated carbocycles. The van der Waals surface area contributed by atoms with Crippen LogP contribution in [0, 0.1) is 0 Å². The van der Waals surface area contributed by atoms with Gasteiger partial charge in [-0.15, -0.1) is 0 Å². The van der Waals surface area contributed by atoms with E-state index in [9.17, 15) is 19.0 Å². The number of hydrogen-bond donors (Lipinski definition) is 0. The van der Waals surface area contributed by atoms with Gasteiger partial charge in [0.1, 0.15) is 19.8 Å². The summed E-state index contributed by atoms with van der Waals surface area (Å²) in [6.45, 7) is 4.14. The normalized spacial score (nSPS) is 13.8. The summed E-state index contributed by atoms with van der Waals surface area (Å²) in [7, 11) is 1.15. The Morgan fingerprint density at radius 2 is 0.713 bits per heavy atom. The Labute approximate surface area is 493 Å². The summed E-state index contributed by atoms with van der Waals surface area (Å²) in [6, 6.07) is 0. The van der Waals surface area contributed by atoms with Crippen LogP contribution in [0.1, 0.15) is 284 Å². The summed E-state index contributed by atoms with van der Waals surface area (Å²) >= 11 is 0. The molecule has 0 spiro atoms. The van der Waals surface area contributed by atoms with Gasteiger partial charge in [-0.1, -0.05) is 291 Å². The van der Waals surface area contributed by atoms with Gasteiger partial charge in [0.05, 0.1) is 27.7 Å². The lowest BCUT2D eigenvalue weighted by Crippen LogP contribution is -2.37. The highest BCUT2D eigenvalue weighted by Crippen LogP contribution is 2.38. The van der Waals surface area contributed by atoms with Crippen LogP contribution in [-0.2, 0) is 32.7 Å². The Morgan fingerprint density at radius 3 is 1.06 bits per heavy atom. The Balaban J connectivity index is 4.15. The number of quaternary nitrogens is 1. The highest BCUT2D eigenvalue weighted by molar-refractivity contribution is 7.45. The zero-order valence-electron chi connectivity index (χ0n) is 52.5. The Morgan fingerprint density at radius 1 is 0.400 bits per heavy atom. The van der Waals surface area contributed by atoms with E-state index in [2.05, 4.69) is 111 Å². The van der Waals surface area contributed by atoms with Gasteiger partial charge in [-0.05, 0) is 77.0 Å². The van der Waals surface area contributed by atoms with Crippen LogP contribution in [-0.4, -0.2) is 70.0 Å². The summed E-state index contributed by atoms with van der Waals surface area (Å²) < 4.78 is 34.3. The van der Waals surface area contributed by atoms with E-state index in [4.69, 9.17) is 18.5 Å². The van der Waals surface area contributed by atoms with E-state index in [1.807, 2.05) is 21.1 Å². The summed E-state index contributed by atoms with van der Waals surface area (Å²) in [5.41, 5.74) is 0. The van der Waals surface area contributed by atoms with Crippen molar-refractivity contribution in [1.82, 2.24) is 0 Å². The second-order valence-corrected chi connectivity index (χ2v) is 24.5. The van der Waals surface area contributed by atoms with Gasteiger partial charge in [0.2, 0.25) is 0 Å². The molecular formula is C70H124NO8P. The van der Waals surface area contributed by atoms with E-state index in [0.29, 0.717) is 17.4 Å². The van der Waals surface area contributed by atoms with E-state index in [1.165, 1.54) is 141 Å². The van der Waals surface area contributed by atoms with Gasteiger partial charge in [0, 0.05) is 12.8 Å². The molecule has 0 radical (unpaired) electrons. The van der Waals surface area contributed by atoms with Gasteiger partial charge >= 0.3 is 11.9 Å². The number of nitrogens with zero attached hydrogens (tertiary/aromatic N) is 1. The van der Waals surface area contributed by atoms with Crippen LogP contribution in [0.4, 0.5) is 0 Å². The van der Waals surface area contributed by atoms with Gasteiger partial charge in [-0.25, -0.2) is 0 Å². The number of phosphoric ester groups is 1. The zero-order valence-corrected chi connectivity index (χ0v) is 53.4. The molecule has 0 saturated heterocycles. The molecule has 2 unspecified atom stereocenters. The van der Waals surface area contributed by atoms with Crippen molar-refractivity contribution in [3.8, 4) is 0 Å². The molecule has 0 rings (SSSR count). The Bertz CT molecular complexity index is 1670. The lowest BCUT2D eigenvalue weighted by Gasteiger charge is -2.28. The molecule has 0 aliphatic rings. The van der Waals surface area contributed by atoms with Crippen molar-refractivity contribution in [3.63, 3.8) is 0 Å². The predicted octanol–water partition coefficient (Wildman–Crippen LogP) is 20.5. The number of carbonyl (C=O) groups excluding carboxylic acids is 2. The monoisotopic (exact) mass is 1140 g/mol. The number of allylic oxidation sites excluding steroid dienone is 16. The highest BCUT2D eigenvalue weighted by atomic mass is 31.2. The number of phosphoric acid groups is 1. The van der Waals surface area contributed by atoms with Crippen molar-refractivity contribution >= 4 is 19.8 Å².